The molecular formula is C16H26O. The minimum absolute atomic E-state index is 0.488. The lowest BCUT2D eigenvalue weighted by Gasteiger charge is -2.35. The Balaban J connectivity index is 1.76. The average Bonchev–Trinajstić information content (AvgIpc) is 2.28. The van der Waals surface area contributed by atoms with Gasteiger partial charge >= 0.3 is 0 Å². The van der Waals surface area contributed by atoms with Gasteiger partial charge in [-0.25, -0.2) is 0 Å². The first kappa shape index (κ1) is 13.0. The van der Waals surface area contributed by atoms with Crippen molar-refractivity contribution in [2.45, 2.75) is 71.0 Å². The summed E-state index contributed by atoms with van der Waals surface area (Å²) in [5.74, 6) is 5.08. The van der Waals surface area contributed by atoms with E-state index in [9.17, 15) is 0 Å². The zero-order valence-corrected chi connectivity index (χ0v) is 11.3. The van der Waals surface area contributed by atoms with Crippen LogP contribution in [0.5, 0.6) is 0 Å². The Morgan fingerprint density at radius 3 is 2.00 bits per heavy atom. The Labute approximate surface area is 106 Å². The second-order valence-corrected chi connectivity index (χ2v) is 6.32. The van der Waals surface area contributed by atoms with Crippen molar-refractivity contribution in [3.63, 3.8) is 0 Å². The fourth-order valence-corrected chi connectivity index (χ4v) is 3.62. The van der Waals surface area contributed by atoms with Gasteiger partial charge < -0.3 is 4.74 Å². The Morgan fingerprint density at radius 2 is 1.47 bits per heavy atom. The Hall–Kier alpha value is -0.480. The minimum Gasteiger partial charge on any atom is -0.375 e. The highest BCUT2D eigenvalue weighted by atomic mass is 16.5. The molecule has 1 nitrogen and oxygen atoms in total. The smallest absolute Gasteiger partial charge is 0.0584 e. The van der Waals surface area contributed by atoms with E-state index in [1.54, 1.807) is 0 Å². The summed E-state index contributed by atoms with van der Waals surface area (Å²) in [6.45, 7) is 4.72. The van der Waals surface area contributed by atoms with Crippen LogP contribution in [0, 0.1) is 30.1 Å². The van der Waals surface area contributed by atoms with E-state index in [2.05, 4.69) is 19.8 Å². The van der Waals surface area contributed by atoms with Gasteiger partial charge in [0.2, 0.25) is 0 Å². The Bertz CT molecular complexity index is 260. The van der Waals surface area contributed by atoms with E-state index in [-0.39, 0.29) is 0 Å². The zero-order chi connectivity index (χ0) is 12.3. The number of rotatable bonds is 2. The topological polar surface area (TPSA) is 9.23 Å². The predicted octanol–water partition coefficient (Wildman–Crippen LogP) is 4.02. The zero-order valence-electron chi connectivity index (χ0n) is 11.3. The standard InChI is InChI=1S/C16H26O/c1-4-14-5-7-15(8-6-14)17-16-10-12(2)9-13(3)11-16/h1,12-16H,5-11H2,2-3H3. The summed E-state index contributed by atoms with van der Waals surface area (Å²) in [6.07, 6.45) is 15.1. The lowest BCUT2D eigenvalue weighted by atomic mass is 9.81. The van der Waals surface area contributed by atoms with Crippen LogP contribution in [-0.4, -0.2) is 12.2 Å². The summed E-state index contributed by atoms with van der Waals surface area (Å²) in [4.78, 5) is 0. The molecule has 96 valence electrons. The molecule has 0 heterocycles. The van der Waals surface area contributed by atoms with Crippen molar-refractivity contribution in [2.75, 3.05) is 0 Å². The van der Waals surface area contributed by atoms with Crippen molar-refractivity contribution in [3.05, 3.63) is 0 Å². The van der Waals surface area contributed by atoms with Crippen molar-refractivity contribution in [1.29, 1.82) is 0 Å². The molecule has 0 radical (unpaired) electrons. The molecular weight excluding hydrogens is 208 g/mol. The molecule has 2 rings (SSSR count). The second kappa shape index (κ2) is 5.91. The normalized spacial score (nSPS) is 43.0. The molecule has 0 aliphatic heterocycles. The molecule has 2 saturated carbocycles. The van der Waals surface area contributed by atoms with Crippen LogP contribution >= 0.6 is 0 Å². The fraction of sp³-hybridized carbons (Fsp3) is 0.875. The molecule has 2 atom stereocenters. The van der Waals surface area contributed by atoms with E-state index in [1.807, 2.05) is 0 Å². The largest absolute Gasteiger partial charge is 0.375 e. The van der Waals surface area contributed by atoms with Gasteiger partial charge in [0.05, 0.1) is 12.2 Å². The van der Waals surface area contributed by atoms with Crippen LogP contribution in [0.2, 0.25) is 0 Å². The highest BCUT2D eigenvalue weighted by molar-refractivity contribution is 4.95. The monoisotopic (exact) mass is 234 g/mol. The average molecular weight is 234 g/mol. The summed E-state index contributed by atoms with van der Waals surface area (Å²) < 4.78 is 6.30. The molecule has 0 aromatic carbocycles. The molecule has 0 bridgehead atoms. The van der Waals surface area contributed by atoms with Crippen molar-refractivity contribution in [2.24, 2.45) is 17.8 Å². The third kappa shape index (κ3) is 3.75. The molecule has 2 fully saturated rings. The van der Waals surface area contributed by atoms with Gasteiger partial charge in [-0.15, -0.1) is 12.3 Å². The van der Waals surface area contributed by atoms with Gasteiger partial charge in [0, 0.05) is 5.92 Å². The summed E-state index contributed by atoms with van der Waals surface area (Å²) in [6, 6.07) is 0. The van der Waals surface area contributed by atoms with Crippen LogP contribution in [0.15, 0.2) is 0 Å². The second-order valence-electron chi connectivity index (χ2n) is 6.32. The first-order valence-corrected chi connectivity index (χ1v) is 7.29. The number of terminal acetylenes is 1. The van der Waals surface area contributed by atoms with Crippen LogP contribution in [-0.2, 0) is 4.74 Å². The van der Waals surface area contributed by atoms with Gasteiger partial charge in [-0.2, -0.15) is 0 Å². The van der Waals surface area contributed by atoms with Gasteiger partial charge in [0.1, 0.15) is 0 Å². The molecule has 0 aromatic rings. The van der Waals surface area contributed by atoms with Crippen LogP contribution in [0.1, 0.15) is 58.8 Å². The molecule has 17 heavy (non-hydrogen) atoms. The Kier molecular flexibility index (Phi) is 4.51. The first-order chi connectivity index (χ1) is 8.17. The molecule has 0 saturated heterocycles. The number of ether oxygens (including phenoxy) is 1. The predicted molar refractivity (Wildman–Crippen MR) is 71.6 cm³/mol. The van der Waals surface area contributed by atoms with Gasteiger partial charge in [-0.1, -0.05) is 13.8 Å². The van der Waals surface area contributed by atoms with Crippen molar-refractivity contribution < 1.29 is 4.74 Å². The maximum absolute atomic E-state index is 6.30. The molecule has 0 N–H and O–H groups in total. The van der Waals surface area contributed by atoms with E-state index in [4.69, 9.17) is 11.2 Å². The maximum Gasteiger partial charge on any atom is 0.0584 e. The molecule has 2 aliphatic carbocycles. The lowest BCUT2D eigenvalue weighted by Crippen LogP contribution is -2.32. The quantitative estimate of drug-likeness (QED) is 0.656. The third-order valence-corrected chi connectivity index (χ3v) is 4.43. The number of hydrogen-bond donors (Lipinski definition) is 0. The van der Waals surface area contributed by atoms with E-state index >= 15 is 0 Å². The highest BCUT2D eigenvalue weighted by Gasteiger charge is 2.28. The van der Waals surface area contributed by atoms with E-state index < -0.39 is 0 Å². The van der Waals surface area contributed by atoms with Crippen LogP contribution < -0.4 is 0 Å². The van der Waals surface area contributed by atoms with Gasteiger partial charge in [0.25, 0.3) is 0 Å². The van der Waals surface area contributed by atoms with E-state index in [0.29, 0.717) is 18.1 Å². The molecule has 0 aromatic heterocycles. The van der Waals surface area contributed by atoms with E-state index in [0.717, 1.165) is 11.8 Å². The highest BCUT2D eigenvalue weighted by Crippen LogP contribution is 2.33. The SMILES string of the molecule is C#CC1CCC(OC2CC(C)CC(C)C2)CC1. The minimum atomic E-state index is 0.488. The molecule has 2 aliphatic rings. The summed E-state index contributed by atoms with van der Waals surface area (Å²) >= 11 is 0. The summed E-state index contributed by atoms with van der Waals surface area (Å²) in [5.41, 5.74) is 0. The molecule has 2 unspecified atom stereocenters. The van der Waals surface area contributed by atoms with Crippen LogP contribution in [0.4, 0.5) is 0 Å². The maximum atomic E-state index is 6.30. The van der Waals surface area contributed by atoms with Gasteiger partial charge in [-0.3, -0.25) is 0 Å². The third-order valence-electron chi connectivity index (χ3n) is 4.43. The fourth-order valence-electron chi connectivity index (χ4n) is 3.62. The molecule has 1 heteroatoms. The molecule has 0 amide bonds. The summed E-state index contributed by atoms with van der Waals surface area (Å²) in [5, 5.41) is 0. The number of hydrogen-bond acceptors (Lipinski definition) is 1. The van der Waals surface area contributed by atoms with E-state index in [1.165, 1.54) is 44.9 Å². The van der Waals surface area contributed by atoms with Crippen LogP contribution in [0.25, 0.3) is 0 Å². The summed E-state index contributed by atoms with van der Waals surface area (Å²) in [7, 11) is 0. The molecule has 0 spiro atoms. The first-order valence-electron chi connectivity index (χ1n) is 7.29. The van der Waals surface area contributed by atoms with Crippen molar-refractivity contribution in [3.8, 4) is 12.3 Å². The lowest BCUT2D eigenvalue weighted by molar-refractivity contribution is -0.0644. The van der Waals surface area contributed by atoms with Gasteiger partial charge in [0.15, 0.2) is 0 Å². The van der Waals surface area contributed by atoms with Crippen molar-refractivity contribution >= 4 is 0 Å². The van der Waals surface area contributed by atoms with Gasteiger partial charge in [-0.05, 0) is 56.8 Å². The Morgan fingerprint density at radius 1 is 0.882 bits per heavy atom. The van der Waals surface area contributed by atoms with Crippen LogP contribution in [0.3, 0.4) is 0 Å². The van der Waals surface area contributed by atoms with Crippen molar-refractivity contribution in [1.82, 2.24) is 0 Å².